The summed E-state index contributed by atoms with van der Waals surface area (Å²) in [5.74, 6) is -3.17. The Morgan fingerprint density at radius 1 is 1.26 bits per heavy atom. The first-order valence-electron chi connectivity index (χ1n) is 9.97. The molecule has 6 nitrogen and oxygen atoms in total. The summed E-state index contributed by atoms with van der Waals surface area (Å²) >= 11 is 6.37. The highest BCUT2D eigenvalue weighted by atomic mass is 35.5. The Morgan fingerprint density at radius 2 is 2.00 bits per heavy atom. The number of carbonyl (C=O) groups is 2. The van der Waals surface area contributed by atoms with Gasteiger partial charge in [0.1, 0.15) is 6.04 Å². The molecule has 2 amide bonds. The van der Waals surface area contributed by atoms with Crippen molar-refractivity contribution in [3.05, 3.63) is 59.2 Å². The van der Waals surface area contributed by atoms with Crippen LogP contribution in [-0.4, -0.2) is 34.5 Å². The van der Waals surface area contributed by atoms with Crippen LogP contribution in [-0.2, 0) is 9.59 Å². The number of aromatic amines is 1. The van der Waals surface area contributed by atoms with E-state index in [4.69, 9.17) is 11.6 Å². The summed E-state index contributed by atoms with van der Waals surface area (Å²) in [7, 11) is 0. The van der Waals surface area contributed by atoms with Crippen LogP contribution >= 0.6 is 11.6 Å². The predicted octanol–water partition coefficient (Wildman–Crippen LogP) is 4.61. The Morgan fingerprint density at radius 3 is 2.71 bits per heavy atom. The number of anilines is 1. The number of amides is 2. The first kappa shape index (κ1) is 21.2. The molecule has 1 aliphatic rings. The SMILES string of the molecule is O=CN(c1ccc2[nH]ncc2c1)C(C(=O)NC1CCC(F)(F)CC1)c1ccccc1Cl. The lowest BCUT2D eigenvalue weighted by Gasteiger charge is -2.33. The third-order valence-electron chi connectivity index (χ3n) is 5.63. The average molecular weight is 447 g/mol. The van der Waals surface area contributed by atoms with Crippen LogP contribution < -0.4 is 10.2 Å². The van der Waals surface area contributed by atoms with Crippen molar-refractivity contribution < 1.29 is 18.4 Å². The summed E-state index contributed by atoms with van der Waals surface area (Å²) in [4.78, 5) is 26.8. The van der Waals surface area contributed by atoms with Crippen molar-refractivity contribution in [3.63, 3.8) is 0 Å². The molecule has 2 aromatic carbocycles. The highest BCUT2D eigenvalue weighted by Gasteiger charge is 2.37. The second kappa shape index (κ2) is 8.63. The van der Waals surface area contributed by atoms with Gasteiger partial charge in [0.05, 0.1) is 11.7 Å². The molecule has 0 saturated heterocycles. The van der Waals surface area contributed by atoms with Gasteiger partial charge in [-0.2, -0.15) is 5.10 Å². The summed E-state index contributed by atoms with van der Waals surface area (Å²) in [5.41, 5.74) is 1.72. The molecule has 1 aliphatic carbocycles. The van der Waals surface area contributed by atoms with E-state index in [0.717, 1.165) is 10.9 Å². The Kier molecular flexibility index (Phi) is 5.91. The van der Waals surface area contributed by atoms with E-state index < -0.39 is 17.9 Å². The van der Waals surface area contributed by atoms with Gasteiger partial charge in [-0.15, -0.1) is 0 Å². The van der Waals surface area contributed by atoms with Gasteiger partial charge < -0.3 is 5.32 Å². The summed E-state index contributed by atoms with van der Waals surface area (Å²) in [6.45, 7) is 0. The molecule has 0 bridgehead atoms. The van der Waals surface area contributed by atoms with Gasteiger partial charge in [0.15, 0.2) is 0 Å². The van der Waals surface area contributed by atoms with Crippen LogP contribution in [0.2, 0.25) is 5.02 Å². The van der Waals surface area contributed by atoms with E-state index >= 15 is 0 Å². The number of hydrogen-bond donors (Lipinski definition) is 2. The number of H-pyrrole nitrogens is 1. The van der Waals surface area contributed by atoms with Gasteiger partial charge in [-0.1, -0.05) is 29.8 Å². The summed E-state index contributed by atoms with van der Waals surface area (Å²) in [6, 6.07) is 10.5. The molecule has 1 aromatic heterocycles. The Balaban J connectivity index is 1.67. The van der Waals surface area contributed by atoms with Gasteiger partial charge in [0.25, 0.3) is 0 Å². The van der Waals surface area contributed by atoms with Crippen LogP contribution in [0.1, 0.15) is 37.3 Å². The smallest absolute Gasteiger partial charge is 0.248 e. The molecule has 31 heavy (non-hydrogen) atoms. The minimum atomic E-state index is -2.70. The highest BCUT2D eigenvalue weighted by molar-refractivity contribution is 6.31. The fraction of sp³-hybridized carbons (Fsp3) is 0.318. The lowest BCUT2D eigenvalue weighted by molar-refractivity contribution is -0.125. The number of fused-ring (bicyclic) bond motifs is 1. The van der Waals surface area contributed by atoms with Crippen molar-refractivity contribution in [3.8, 4) is 0 Å². The average Bonchev–Trinajstić information content (AvgIpc) is 3.22. The van der Waals surface area contributed by atoms with Crippen molar-refractivity contribution >= 4 is 40.5 Å². The Bertz CT molecular complexity index is 1090. The van der Waals surface area contributed by atoms with E-state index in [1.54, 1.807) is 48.7 Å². The molecule has 4 rings (SSSR count). The quantitative estimate of drug-likeness (QED) is 0.542. The largest absolute Gasteiger partial charge is 0.351 e. The van der Waals surface area contributed by atoms with Crippen molar-refractivity contribution in [2.45, 2.75) is 43.7 Å². The lowest BCUT2D eigenvalue weighted by Crippen LogP contribution is -2.46. The molecule has 0 aliphatic heterocycles. The normalized spacial score (nSPS) is 17.3. The third kappa shape index (κ3) is 4.54. The van der Waals surface area contributed by atoms with Gasteiger partial charge in [0, 0.05) is 40.5 Å². The zero-order valence-electron chi connectivity index (χ0n) is 16.5. The molecule has 1 heterocycles. The first-order chi connectivity index (χ1) is 14.9. The second-order valence-corrected chi connectivity index (χ2v) is 8.12. The number of nitrogens with zero attached hydrogens (tertiary/aromatic N) is 2. The Hall–Kier alpha value is -3.00. The minimum Gasteiger partial charge on any atom is -0.351 e. The van der Waals surface area contributed by atoms with E-state index in [9.17, 15) is 18.4 Å². The summed E-state index contributed by atoms with van der Waals surface area (Å²) < 4.78 is 27.0. The zero-order valence-corrected chi connectivity index (χ0v) is 17.3. The third-order valence-corrected chi connectivity index (χ3v) is 5.97. The number of benzene rings is 2. The summed E-state index contributed by atoms with van der Waals surface area (Å²) in [6.07, 6.45) is 2.00. The lowest BCUT2D eigenvalue weighted by atomic mass is 9.91. The highest BCUT2D eigenvalue weighted by Crippen LogP contribution is 2.35. The van der Waals surface area contributed by atoms with Crippen molar-refractivity contribution in [1.29, 1.82) is 0 Å². The Labute approximate surface area is 182 Å². The number of alkyl halides is 2. The van der Waals surface area contributed by atoms with Gasteiger partial charge in [-0.3, -0.25) is 19.6 Å². The van der Waals surface area contributed by atoms with Crippen LogP contribution in [0.4, 0.5) is 14.5 Å². The van der Waals surface area contributed by atoms with Crippen molar-refractivity contribution in [2.75, 3.05) is 4.90 Å². The van der Waals surface area contributed by atoms with Crippen LogP contribution in [0.15, 0.2) is 48.7 Å². The van der Waals surface area contributed by atoms with Crippen LogP contribution in [0, 0.1) is 0 Å². The van der Waals surface area contributed by atoms with E-state index in [0.29, 0.717) is 22.7 Å². The summed E-state index contributed by atoms with van der Waals surface area (Å²) in [5, 5.41) is 10.8. The van der Waals surface area contributed by atoms with Gasteiger partial charge >= 0.3 is 0 Å². The predicted molar refractivity (Wildman–Crippen MR) is 114 cm³/mol. The number of carbonyl (C=O) groups excluding carboxylic acids is 2. The molecule has 1 atom stereocenters. The van der Waals surface area contributed by atoms with Crippen LogP contribution in [0.3, 0.4) is 0 Å². The molecular formula is C22H21ClF2N4O2. The second-order valence-electron chi connectivity index (χ2n) is 7.72. The topological polar surface area (TPSA) is 78.1 Å². The van der Waals surface area contributed by atoms with Crippen LogP contribution in [0.25, 0.3) is 10.9 Å². The molecule has 162 valence electrons. The fourth-order valence-electron chi connectivity index (χ4n) is 3.94. The first-order valence-corrected chi connectivity index (χ1v) is 10.4. The molecular weight excluding hydrogens is 426 g/mol. The van der Waals surface area contributed by atoms with Gasteiger partial charge in [-0.05, 0) is 37.1 Å². The number of hydrogen-bond acceptors (Lipinski definition) is 3. The molecule has 0 spiro atoms. The minimum absolute atomic E-state index is 0.177. The molecule has 3 aromatic rings. The maximum atomic E-state index is 13.5. The van der Waals surface area contributed by atoms with E-state index in [2.05, 4.69) is 15.5 Å². The number of halogens is 3. The zero-order chi connectivity index (χ0) is 22.0. The monoisotopic (exact) mass is 446 g/mol. The molecule has 0 radical (unpaired) electrons. The molecule has 1 unspecified atom stereocenters. The standard InChI is InChI=1S/C22H21ClF2N4O2/c23-18-4-2-1-3-17(18)20(21(31)27-15-7-9-22(24,25)10-8-15)29(13-30)16-5-6-19-14(11-16)12-26-28-19/h1-6,11-13,15,20H,7-10H2,(H,26,28)(H,27,31). The maximum absolute atomic E-state index is 13.5. The molecule has 9 heteroatoms. The van der Waals surface area contributed by atoms with Crippen molar-refractivity contribution in [1.82, 2.24) is 15.5 Å². The van der Waals surface area contributed by atoms with E-state index in [-0.39, 0.29) is 31.7 Å². The molecule has 1 fully saturated rings. The van der Waals surface area contributed by atoms with Crippen molar-refractivity contribution in [2.24, 2.45) is 0 Å². The number of aromatic nitrogens is 2. The molecule has 2 N–H and O–H groups in total. The number of nitrogens with one attached hydrogen (secondary N) is 2. The van der Waals surface area contributed by atoms with E-state index in [1.165, 1.54) is 4.90 Å². The van der Waals surface area contributed by atoms with E-state index in [1.807, 2.05) is 0 Å². The number of rotatable bonds is 6. The molecule has 1 saturated carbocycles. The fourth-order valence-corrected chi connectivity index (χ4v) is 4.18. The maximum Gasteiger partial charge on any atom is 0.248 e. The van der Waals surface area contributed by atoms with Crippen LogP contribution in [0.5, 0.6) is 0 Å². The van der Waals surface area contributed by atoms with Gasteiger partial charge in [0.2, 0.25) is 18.2 Å². The van der Waals surface area contributed by atoms with Gasteiger partial charge in [-0.25, -0.2) is 8.78 Å².